The van der Waals surface area contributed by atoms with Gasteiger partial charge in [-0.05, 0) is 47.4 Å². The third kappa shape index (κ3) is 2.92. The van der Waals surface area contributed by atoms with Crippen molar-refractivity contribution in [3.8, 4) is 0 Å². The Bertz CT molecular complexity index is 574. The monoisotopic (exact) mass is 279 g/mol. The number of halogens is 2. The topological polar surface area (TPSA) is 50.9 Å². The van der Waals surface area contributed by atoms with E-state index in [9.17, 15) is 4.39 Å². The van der Waals surface area contributed by atoms with E-state index in [1.54, 1.807) is 12.4 Å². The van der Waals surface area contributed by atoms with Gasteiger partial charge in [0.1, 0.15) is 5.82 Å². The first-order valence-electron chi connectivity index (χ1n) is 6.01. The molecule has 0 aliphatic carbocycles. The highest BCUT2D eigenvalue weighted by Gasteiger charge is 2.18. The summed E-state index contributed by atoms with van der Waals surface area (Å²) in [6.45, 7) is 2.03. The van der Waals surface area contributed by atoms with E-state index in [1.165, 1.54) is 18.2 Å². The van der Waals surface area contributed by atoms with Crippen molar-refractivity contribution in [1.82, 2.24) is 10.4 Å². The molecule has 5 heteroatoms. The maximum absolute atomic E-state index is 13.4. The van der Waals surface area contributed by atoms with Crippen LogP contribution < -0.4 is 11.3 Å². The predicted molar refractivity (Wildman–Crippen MR) is 74.2 cm³/mol. The minimum absolute atomic E-state index is 0.341. The van der Waals surface area contributed by atoms with Gasteiger partial charge in [-0.3, -0.25) is 10.8 Å². The Balaban J connectivity index is 2.53. The number of benzene rings is 1. The van der Waals surface area contributed by atoms with E-state index >= 15 is 0 Å². The van der Waals surface area contributed by atoms with Gasteiger partial charge in [0.15, 0.2) is 0 Å². The van der Waals surface area contributed by atoms with E-state index in [1.807, 2.05) is 13.0 Å². The lowest BCUT2D eigenvalue weighted by Gasteiger charge is -2.20. The van der Waals surface area contributed by atoms with Gasteiger partial charge in [0.2, 0.25) is 0 Å². The quantitative estimate of drug-likeness (QED) is 0.668. The van der Waals surface area contributed by atoms with Crippen molar-refractivity contribution in [3.05, 3.63) is 64.2 Å². The molecule has 1 atom stereocenters. The lowest BCUT2D eigenvalue weighted by molar-refractivity contribution is 0.602. The van der Waals surface area contributed by atoms with Crippen LogP contribution in [0.3, 0.4) is 0 Å². The van der Waals surface area contributed by atoms with Gasteiger partial charge in [-0.25, -0.2) is 9.82 Å². The zero-order valence-electron chi connectivity index (χ0n) is 10.5. The van der Waals surface area contributed by atoms with E-state index in [4.69, 9.17) is 17.4 Å². The zero-order valence-corrected chi connectivity index (χ0v) is 11.3. The molecule has 1 heterocycles. The van der Waals surface area contributed by atoms with Gasteiger partial charge in [-0.15, -0.1) is 0 Å². The highest BCUT2D eigenvalue weighted by atomic mass is 35.5. The van der Waals surface area contributed by atoms with E-state index < -0.39 is 0 Å². The Morgan fingerprint density at radius 3 is 2.84 bits per heavy atom. The Morgan fingerprint density at radius 1 is 1.37 bits per heavy atom. The van der Waals surface area contributed by atoms with Crippen molar-refractivity contribution in [2.24, 2.45) is 5.84 Å². The summed E-state index contributed by atoms with van der Waals surface area (Å²) in [7, 11) is 0. The lowest BCUT2D eigenvalue weighted by Crippen LogP contribution is -2.30. The molecule has 3 N–H and O–H groups in total. The number of nitrogens with zero attached hydrogens (tertiary/aromatic N) is 1. The Kier molecular flexibility index (Phi) is 4.47. The van der Waals surface area contributed by atoms with Crippen LogP contribution in [0.15, 0.2) is 36.7 Å². The van der Waals surface area contributed by atoms with Crippen LogP contribution in [0.1, 0.15) is 29.7 Å². The number of rotatable bonds is 4. The molecule has 0 amide bonds. The Morgan fingerprint density at radius 2 is 2.16 bits per heavy atom. The van der Waals surface area contributed by atoms with Gasteiger partial charge in [-0.2, -0.15) is 0 Å². The summed E-state index contributed by atoms with van der Waals surface area (Å²) in [5.74, 6) is 5.29. The second-order valence-corrected chi connectivity index (χ2v) is 4.60. The largest absolute Gasteiger partial charge is 0.271 e. The second kappa shape index (κ2) is 6.10. The fourth-order valence-corrected chi connectivity index (χ4v) is 2.32. The van der Waals surface area contributed by atoms with Crippen molar-refractivity contribution >= 4 is 11.6 Å². The van der Waals surface area contributed by atoms with Gasteiger partial charge in [0.05, 0.1) is 6.04 Å². The van der Waals surface area contributed by atoms with Gasteiger partial charge < -0.3 is 0 Å². The van der Waals surface area contributed by atoms with Crippen LogP contribution >= 0.6 is 11.6 Å². The van der Waals surface area contributed by atoms with Gasteiger partial charge >= 0.3 is 0 Å². The molecule has 2 aromatic rings. The summed E-state index contributed by atoms with van der Waals surface area (Å²) in [6, 6.07) is 5.76. The summed E-state index contributed by atoms with van der Waals surface area (Å²) in [4.78, 5) is 4.09. The number of nitrogens with one attached hydrogen (secondary N) is 1. The molecule has 1 unspecified atom stereocenters. The molecule has 3 nitrogen and oxygen atoms in total. The number of aryl methyl sites for hydroxylation is 1. The van der Waals surface area contributed by atoms with Crippen molar-refractivity contribution < 1.29 is 4.39 Å². The summed E-state index contributed by atoms with van der Waals surface area (Å²) in [5.41, 5.74) is 5.31. The number of nitrogens with two attached hydrogens (primary N) is 1. The highest BCUT2D eigenvalue weighted by molar-refractivity contribution is 6.31. The first-order valence-corrected chi connectivity index (χ1v) is 6.39. The molecule has 100 valence electrons. The summed E-state index contributed by atoms with van der Waals surface area (Å²) in [5, 5.41) is 0.475. The summed E-state index contributed by atoms with van der Waals surface area (Å²) in [6.07, 6.45) is 4.28. The van der Waals surface area contributed by atoms with Gasteiger partial charge in [0.25, 0.3) is 0 Å². The summed E-state index contributed by atoms with van der Waals surface area (Å²) >= 11 is 6.14. The van der Waals surface area contributed by atoms with Crippen molar-refractivity contribution in [3.63, 3.8) is 0 Å². The Hall–Kier alpha value is -1.49. The fraction of sp³-hybridized carbons (Fsp3) is 0.214. The molecule has 19 heavy (non-hydrogen) atoms. The molecule has 0 fully saturated rings. The molecule has 0 saturated heterocycles. The molecule has 0 aliphatic rings. The highest BCUT2D eigenvalue weighted by Crippen LogP contribution is 2.30. The molecule has 1 aromatic carbocycles. The number of hydrogen-bond donors (Lipinski definition) is 2. The van der Waals surface area contributed by atoms with E-state index in [-0.39, 0.29) is 11.9 Å². The lowest BCUT2D eigenvalue weighted by atomic mass is 9.95. The molecule has 0 saturated carbocycles. The first-order chi connectivity index (χ1) is 9.17. The van der Waals surface area contributed by atoms with E-state index in [0.717, 1.165) is 17.5 Å². The second-order valence-electron chi connectivity index (χ2n) is 4.19. The van der Waals surface area contributed by atoms with Crippen molar-refractivity contribution in [1.29, 1.82) is 0 Å². The number of hydrogen-bond acceptors (Lipinski definition) is 3. The van der Waals surface area contributed by atoms with Gasteiger partial charge in [-0.1, -0.05) is 18.5 Å². The van der Waals surface area contributed by atoms with Crippen LogP contribution in [-0.4, -0.2) is 4.98 Å². The smallest absolute Gasteiger partial charge is 0.123 e. The Labute approximate surface area is 116 Å². The van der Waals surface area contributed by atoms with Crippen LogP contribution in [0.4, 0.5) is 4.39 Å². The molecule has 0 bridgehead atoms. The molecular weight excluding hydrogens is 265 g/mol. The van der Waals surface area contributed by atoms with Crippen molar-refractivity contribution in [2.75, 3.05) is 0 Å². The minimum atomic E-state index is -0.360. The standard InChI is InChI=1S/C14H15ClFN3/c1-2-9-8-18-6-5-11(9)14(19-17)12-7-10(16)3-4-13(12)15/h3-8,14,19H,2,17H2,1H3. The molecule has 0 aliphatic heterocycles. The van der Waals surface area contributed by atoms with Crippen molar-refractivity contribution in [2.45, 2.75) is 19.4 Å². The van der Waals surface area contributed by atoms with Crippen LogP contribution in [0.25, 0.3) is 0 Å². The predicted octanol–water partition coefficient (Wildman–Crippen LogP) is 2.99. The third-order valence-electron chi connectivity index (χ3n) is 3.07. The molecule has 2 rings (SSSR count). The maximum Gasteiger partial charge on any atom is 0.123 e. The van der Waals surface area contributed by atoms with Crippen LogP contribution in [0.5, 0.6) is 0 Å². The normalized spacial score (nSPS) is 12.4. The SMILES string of the molecule is CCc1cnccc1C(NN)c1cc(F)ccc1Cl. The van der Waals surface area contributed by atoms with E-state index in [2.05, 4.69) is 10.4 Å². The summed E-state index contributed by atoms with van der Waals surface area (Å²) < 4.78 is 13.4. The average Bonchev–Trinajstić information content (AvgIpc) is 2.44. The molecule has 1 aromatic heterocycles. The van der Waals surface area contributed by atoms with Crippen LogP contribution in [-0.2, 0) is 6.42 Å². The van der Waals surface area contributed by atoms with Gasteiger partial charge in [0, 0.05) is 17.4 Å². The van der Waals surface area contributed by atoms with Crippen LogP contribution in [0, 0.1) is 5.82 Å². The first kappa shape index (κ1) is 13.9. The molecule has 0 radical (unpaired) electrons. The third-order valence-corrected chi connectivity index (χ3v) is 3.41. The minimum Gasteiger partial charge on any atom is -0.271 e. The average molecular weight is 280 g/mol. The zero-order chi connectivity index (χ0) is 13.8. The molecular formula is C14H15ClFN3. The number of aromatic nitrogens is 1. The fourth-order valence-electron chi connectivity index (χ4n) is 2.10. The number of hydrazine groups is 1. The van der Waals surface area contributed by atoms with Crippen LogP contribution in [0.2, 0.25) is 5.02 Å². The maximum atomic E-state index is 13.4. The molecule has 0 spiro atoms. The number of pyridine rings is 1. The van der Waals surface area contributed by atoms with E-state index in [0.29, 0.717) is 10.6 Å².